The predicted molar refractivity (Wildman–Crippen MR) is 54.2 cm³/mol. The van der Waals surface area contributed by atoms with Gasteiger partial charge in [0.15, 0.2) is 11.6 Å². The van der Waals surface area contributed by atoms with Crippen LogP contribution in [0.3, 0.4) is 0 Å². The van der Waals surface area contributed by atoms with Crippen molar-refractivity contribution in [3.05, 3.63) is 29.6 Å². The van der Waals surface area contributed by atoms with Crippen LogP contribution in [0.5, 0.6) is 5.75 Å². The molecule has 1 aliphatic carbocycles. The normalized spacial score (nSPS) is 17.3. The van der Waals surface area contributed by atoms with Gasteiger partial charge in [0.1, 0.15) is 0 Å². The van der Waals surface area contributed by atoms with Gasteiger partial charge in [-0.2, -0.15) is 0 Å². The summed E-state index contributed by atoms with van der Waals surface area (Å²) in [4.78, 5) is 0. The molecule has 1 saturated carbocycles. The quantitative estimate of drug-likeness (QED) is 0.700. The third-order valence-electron chi connectivity index (χ3n) is 3.00. The highest BCUT2D eigenvalue weighted by Crippen LogP contribution is 2.39. The van der Waals surface area contributed by atoms with E-state index in [1.165, 1.54) is 38.9 Å². The Morgan fingerprint density at radius 2 is 2.00 bits per heavy atom. The van der Waals surface area contributed by atoms with E-state index in [4.69, 9.17) is 4.74 Å². The van der Waals surface area contributed by atoms with Crippen LogP contribution in [0, 0.1) is 5.82 Å². The summed E-state index contributed by atoms with van der Waals surface area (Å²) >= 11 is 0. The molecule has 0 atom stereocenters. The van der Waals surface area contributed by atoms with Crippen LogP contribution in [0.4, 0.5) is 4.39 Å². The number of hydrogen-bond acceptors (Lipinski definition) is 1. The van der Waals surface area contributed by atoms with E-state index in [0.717, 1.165) is 5.56 Å². The summed E-state index contributed by atoms with van der Waals surface area (Å²) in [6.07, 6.45) is 4.84. The first-order valence-corrected chi connectivity index (χ1v) is 5.15. The Hall–Kier alpha value is -1.05. The Kier molecular flexibility index (Phi) is 2.71. The summed E-state index contributed by atoms with van der Waals surface area (Å²) < 4.78 is 18.5. The van der Waals surface area contributed by atoms with Gasteiger partial charge in [-0.15, -0.1) is 0 Å². The van der Waals surface area contributed by atoms with Crippen LogP contribution in [0.1, 0.15) is 37.2 Å². The lowest BCUT2D eigenvalue weighted by Gasteiger charge is -2.14. The molecule has 0 aliphatic heterocycles. The van der Waals surface area contributed by atoms with Crippen molar-refractivity contribution in [1.29, 1.82) is 0 Å². The largest absolute Gasteiger partial charge is 0.493 e. The van der Waals surface area contributed by atoms with Crippen LogP contribution in [0.15, 0.2) is 18.2 Å². The lowest BCUT2D eigenvalue weighted by atomic mass is 9.96. The van der Waals surface area contributed by atoms with E-state index in [1.807, 2.05) is 6.07 Å². The number of methoxy groups -OCH3 is 1. The minimum Gasteiger partial charge on any atom is -0.493 e. The van der Waals surface area contributed by atoms with E-state index < -0.39 is 0 Å². The zero-order chi connectivity index (χ0) is 9.97. The molecule has 0 N–H and O–H groups in total. The second-order valence-corrected chi connectivity index (χ2v) is 3.84. The maximum Gasteiger partial charge on any atom is 0.165 e. The Morgan fingerprint density at radius 3 is 2.64 bits per heavy atom. The minimum absolute atomic E-state index is 0.239. The van der Waals surface area contributed by atoms with Crippen molar-refractivity contribution in [2.75, 3.05) is 7.11 Å². The van der Waals surface area contributed by atoms with Gasteiger partial charge in [-0.05, 0) is 24.8 Å². The van der Waals surface area contributed by atoms with Crippen molar-refractivity contribution in [2.45, 2.75) is 31.6 Å². The predicted octanol–water partition coefficient (Wildman–Crippen LogP) is 3.49. The number of para-hydroxylation sites is 1. The molecule has 1 fully saturated rings. The fourth-order valence-corrected chi connectivity index (χ4v) is 2.30. The highest BCUT2D eigenvalue weighted by atomic mass is 19.1. The van der Waals surface area contributed by atoms with Crippen LogP contribution in [-0.4, -0.2) is 7.11 Å². The van der Waals surface area contributed by atoms with E-state index in [9.17, 15) is 4.39 Å². The maximum atomic E-state index is 13.4. The first kappa shape index (κ1) is 9.50. The van der Waals surface area contributed by atoms with Crippen molar-refractivity contribution in [2.24, 2.45) is 0 Å². The standard InChI is InChI=1S/C12H15FO/c1-14-12-10(7-4-8-11(12)13)9-5-2-3-6-9/h4,7-9H,2-3,5-6H2,1H3. The summed E-state index contributed by atoms with van der Waals surface area (Å²) in [5.41, 5.74) is 1.05. The number of halogens is 1. The lowest BCUT2D eigenvalue weighted by molar-refractivity contribution is 0.377. The fraction of sp³-hybridized carbons (Fsp3) is 0.500. The van der Waals surface area contributed by atoms with Gasteiger partial charge in [0.2, 0.25) is 0 Å². The van der Waals surface area contributed by atoms with Crippen LogP contribution >= 0.6 is 0 Å². The first-order valence-electron chi connectivity index (χ1n) is 5.15. The summed E-state index contributed by atoms with van der Waals surface area (Å²) in [7, 11) is 1.54. The van der Waals surface area contributed by atoms with Crippen LogP contribution < -0.4 is 4.74 Å². The van der Waals surface area contributed by atoms with Crippen molar-refractivity contribution in [1.82, 2.24) is 0 Å². The molecule has 1 nitrogen and oxygen atoms in total. The molecule has 0 amide bonds. The lowest BCUT2D eigenvalue weighted by Crippen LogP contribution is -1.99. The molecule has 0 aromatic heterocycles. The van der Waals surface area contributed by atoms with Gasteiger partial charge in [-0.1, -0.05) is 25.0 Å². The third kappa shape index (κ3) is 1.61. The molecule has 0 bridgehead atoms. The van der Waals surface area contributed by atoms with E-state index >= 15 is 0 Å². The van der Waals surface area contributed by atoms with Gasteiger partial charge in [0.05, 0.1) is 7.11 Å². The molecule has 0 saturated heterocycles. The summed E-state index contributed by atoms with van der Waals surface area (Å²) in [5.74, 6) is 0.706. The van der Waals surface area contributed by atoms with E-state index in [1.54, 1.807) is 6.07 Å². The molecule has 1 aromatic carbocycles. The monoisotopic (exact) mass is 194 g/mol. The molecule has 76 valence electrons. The zero-order valence-corrected chi connectivity index (χ0v) is 8.42. The van der Waals surface area contributed by atoms with Gasteiger partial charge in [-0.3, -0.25) is 0 Å². The van der Waals surface area contributed by atoms with Gasteiger partial charge < -0.3 is 4.74 Å². The van der Waals surface area contributed by atoms with E-state index in [0.29, 0.717) is 11.7 Å². The highest BCUT2D eigenvalue weighted by molar-refractivity contribution is 5.38. The fourth-order valence-electron chi connectivity index (χ4n) is 2.30. The Morgan fingerprint density at radius 1 is 1.29 bits per heavy atom. The summed E-state index contributed by atoms with van der Waals surface area (Å²) in [6, 6.07) is 5.21. The van der Waals surface area contributed by atoms with Gasteiger partial charge >= 0.3 is 0 Å². The molecule has 0 radical (unpaired) electrons. The first-order chi connectivity index (χ1) is 6.83. The van der Waals surface area contributed by atoms with Gasteiger partial charge in [-0.25, -0.2) is 4.39 Å². The van der Waals surface area contributed by atoms with Crippen LogP contribution in [0.2, 0.25) is 0 Å². The zero-order valence-electron chi connectivity index (χ0n) is 8.42. The maximum absolute atomic E-state index is 13.4. The molecule has 2 rings (SSSR count). The molecular formula is C12H15FO. The Balaban J connectivity index is 2.35. The van der Waals surface area contributed by atoms with Crippen molar-refractivity contribution in [3.63, 3.8) is 0 Å². The van der Waals surface area contributed by atoms with Crippen LogP contribution in [0.25, 0.3) is 0 Å². The van der Waals surface area contributed by atoms with Crippen LogP contribution in [-0.2, 0) is 0 Å². The van der Waals surface area contributed by atoms with Crippen molar-refractivity contribution < 1.29 is 9.13 Å². The molecule has 14 heavy (non-hydrogen) atoms. The highest BCUT2D eigenvalue weighted by Gasteiger charge is 2.21. The van der Waals surface area contributed by atoms with Crippen molar-refractivity contribution in [3.8, 4) is 5.75 Å². The Bertz CT molecular complexity index is 316. The number of rotatable bonds is 2. The molecule has 0 unspecified atom stereocenters. The van der Waals surface area contributed by atoms with Crippen molar-refractivity contribution >= 4 is 0 Å². The van der Waals surface area contributed by atoms with Gasteiger partial charge in [0, 0.05) is 5.56 Å². The molecule has 1 aromatic rings. The summed E-state index contributed by atoms with van der Waals surface area (Å²) in [5, 5.41) is 0. The molecule has 2 heteroatoms. The number of ether oxygens (including phenoxy) is 1. The minimum atomic E-state index is -0.239. The average Bonchev–Trinajstić information content (AvgIpc) is 2.70. The average molecular weight is 194 g/mol. The number of hydrogen-bond donors (Lipinski definition) is 0. The third-order valence-corrected chi connectivity index (χ3v) is 3.00. The van der Waals surface area contributed by atoms with E-state index in [-0.39, 0.29) is 5.82 Å². The molecule has 0 spiro atoms. The second kappa shape index (κ2) is 3.99. The molecule has 0 heterocycles. The molecular weight excluding hydrogens is 179 g/mol. The SMILES string of the molecule is COc1c(F)cccc1C1CCCC1. The summed E-state index contributed by atoms with van der Waals surface area (Å²) in [6.45, 7) is 0. The van der Waals surface area contributed by atoms with Gasteiger partial charge in [0.25, 0.3) is 0 Å². The second-order valence-electron chi connectivity index (χ2n) is 3.84. The topological polar surface area (TPSA) is 9.23 Å². The Labute approximate surface area is 83.9 Å². The smallest absolute Gasteiger partial charge is 0.165 e. The van der Waals surface area contributed by atoms with E-state index in [2.05, 4.69) is 0 Å². The molecule has 1 aliphatic rings. The number of benzene rings is 1.